The van der Waals surface area contributed by atoms with Gasteiger partial charge in [-0.1, -0.05) is 13.8 Å². The molecule has 1 aliphatic rings. The summed E-state index contributed by atoms with van der Waals surface area (Å²) < 4.78 is 0. The van der Waals surface area contributed by atoms with Crippen molar-refractivity contribution in [1.29, 1.82) is 0 Å². The van der Waals surface area contributed by atoms with Gasteiger partial charge in [0.15, 0.2) is 0 Å². The summed E-state index contributed by atoms with van der Waals surface area (Å²) in [6, 6.07) is 1.42. The van der Waals surface area contributed by atoms with Crippen molar-refractivity contribution in [3.8, 4) is 0 Å². The van der Waals surface area contributed by atoms with Crippen LogP contribution in [-0.4, -0.2) is 62.2 Å². The van der Waals surface area contributed by atoms with E-state index in [0.717, 1.165) is 12.6 Å². The molecular weight excluding hydrogens is 186 g/mol. The molecule has 1 aliphatic heterocycles. The van der Waals surface area contributed by atoms with Gasteiger partial charge in [0.1, 0.15) is 0 Å². The minimum absolute atomic E-state index is 0.615. The van der Waals surface area contributed by atoms with Crippen LogP contribution in [-0.2, 0) is 0 Å². The average molecular weight is 213 g/mol. The molecule has 0 bridgehead atoms. The zero-order valence-corrected chi connectivity index (χ0v) is 10.8. The summed E-state index contributed by atoms with van der Waals surface area (Å²) in [6.45, 7) is 9.28. The fourth-order valence-electron chi connectivity index (χ4n) is 2.17. The van der Waals surface area contributed by atoms with E-state index in [1.807, 2.05) is 0 Å². The van der Waals surface area contributed by atoms with E-state index >= 15 is 0 Å². The van der Waals surface area contributed by atoms with Crippen molar-refractivity contribution >= 4 is 0 Å². The topological polar surface area (TPSA) is 18.5 Å². The summed E-state index contributed by atoms with van der Waals surface area (Å²) in [5, 5.41) is 3.47. The average Bonchev–Trinajstić information content (AvgIpc) is 2.18. The van der Waals surface area contributed by atoms with E-state index in [0.29, 0.717) is 6.04 Å². The molecule has 0 saturated carbocycles. The standard InChI is InChI=1S/C12H27N3/c1-11(2)13-7-10-15-8-5-12(6-9-15)14(3)4/h11-13H,5-10H2,1-4H3. The molecular formula is C12H27N3. The van der Waals surface area contributed by atoms with Crippen LogP contribution in [0.15, 0.2) is 0 Å². The molecule has 3 heteroatoms. The first-order chi connectivity index (χ1) is 7.09. The van der Waals surface area contributed by atoms with Gasteiger partial charge in [-0.05, 0) is 40.0 Å². The smallest absolute Gasteiger partial charge is 0.0113 e. The molecule has 1 rings (SSSR count). The first-order valence-electron chi connectivity index (χ1n) is 6.21. The lowest BCUT2D eigenvalue weighted by Crippen LogP contribution is -2.44. The number of rotatable bonds is 5. The molecule has 15 heavy (non-hydrogen) atoms. The Hall–Kier alpha value is -0.120. The van der Waals surface area contributed by atoms with Gasteiger partial charge in [0.05, 0.1) is 0 Å². The third kappa shape index (κ3) is 4.96. The molecule has 1 saturated heterocycles. The summed E-state index contributed by atoms with van der Waals surface area (Å²) in [5.41, 5.74) is 0. The Morgan fingerprint density at radius 1 is 1.27 bits per heavy atom. The molecule has 90 valence electrons. The van der Waals surface area contributed by atoms with E-state index in [9.17, 15) is 0 Å². The number of nitrogens with zero attached hydrogens (tertiary/aromatic N) is 2. The molecule has 0 spiro atoms. The second-order valence-corrected chi connectivity index (χ2v) is 5.15. The van der Waals surface area contributed by atoms with Gasteiger partial charge in [-0.15, -0.1) is 0 Å². The van der Waals surface area contributed by atoms with E-state index < -0.39 is 0 Å². The summed E-state index contributed by atoms with van der Waals surface area (Å²) in [5.74, 6) is 0. The third-order valence-corrected chi connectivity index (χ3v) is 3.27. The first-order valence-corrected chi connectivity index (χ1v) is 6.21. The maximum Gasteiger partial charge on any atom is 0.0113 e. The molecule has 3 nitrogen and oxygen atoms in total. The van der Waals surface area contributed by atoms with E-state index in [-0.39, 0.29) is 0 Å². The zero-order chi connectivity index (χ0) is 11.3. The lowest BCUT2D eigenvalue weighted by Gasteiger charge is -2.35. The van der Waals surface area contributed by atoms with Crippen molar-refractivity contribution < 1.29 is 0 Å². The van der Waals surface area contributed by atoms with Crippen LogP contribution in [0.5, 0.6) is 0 Å². The lowest BCUT2D eigenvalue weighted by molar-refractivity contribution is 0.145. The van der Waals surface area contributed by atoms with Crippen LogP contribution < -0.4 is 5.32 Å². The Labute approximate surface area is 94.8 Å². The van der Waals surface area contributed by atoms with Crippen molar-refractivity contribution in [1.82, 2.24) is 15.1 Å². The molecule has 0 unspecified atom stereocenters. The predicted octanol–water partition coefficient (Wildman–Crippen LogP) is 1.01. The van der Waals surface area contributed by atoms with Crippen LogP contribution in [0.2, 0.25) is 0 Å². The Kier molecular flexibility index (Phi) is 5.58. The molecule has 1 N–H and O–H groups in total. The highest BCUT2D eigenvalue weighted by Crippen LogP contribution is 2.13. The SMILES string of the molecule is CC(C)NCCN1CCC(N(C)C)CC1. The van der Waals surface area contributed by atoms with Crippen LogP contribution >= 0.6 is 0 Å². The van der Waals surface area contributed by atoms with E-state index in [1.165, 1.54) is 32.5 Å². The predicted molar refractivity (Wildman–Crippen MR) is 66.3 cm³/mol. The molecule has 0 aromatic rings. The Morgan fingerprint density at radius 3 is 2.33 bits per heavy atom. The largest absolute Gasteiger partial charge is 0.313 e. The molecule has 0 radical (unpaired) electrons. The normalized spacial score (nSPS) is 20.4. The molecule has 0 amide bonds. The molecule has 0 aromatic heterocycles. The second kappa shape index (κ2) is 6.46. The molecule has 0 atom stereocenters. The van der Waals surface area contributed by atoms with Gasteiger partial charge in [0.25, 0.3) is 0 Å². The fraction of sp³-hybridized carbons (Fsp3) is 1.00. The highest BCUT2D eigenvalue weighted by Gasteiger charge is 2.19. The van der Waals surface area contributed by atoms with Crippen molar-refractivity contribution in [3.63, 3.8) is 0 Å². The first kappa shape index (κ1) is 12.9. The van der Waals surface area contributed by atoms with Gasteiger partial charge in [-0.3, -0.25) is 0 Å². The monoisotopic (exact) mass is 213 g/mol. The maximum atomic E-state index is 3.47. The van der Waals surface area contributed by atoms with Gasteiger partial charge in [-0.25, -0.2) is 0 Å². The van der Waals surface area contributed by atoms with E-state index in [4.69, 9.17) is 0 Å². The third-order valence-electron chi connectivity index (χ3n) is 3.27. The summed E-state index contributed by atoms with van der Waals surface area (Å²) in [7, 11) is 4.39. The van der Waals surface area contributed by atoms with Gasteiger partial charge < -0.3 is 15.1 Å². The Balaban J connectivity index is 2.09. The quantitative estimate of drug-likeness (QED) is 0.735. The van der Waals surface area contributed by atoms with Crippen molar-refractivity contribution in [2.45, 2.75) is 38.8 Å². The van der Waals surface area contributed by atoms with Crippen molar-refractivity contribution in [2.75, 3.05) is 40.3 Å². The minimum atomic E-state index is 0.615. The van der Waals surface area contributed by atoms with Crippen LogP contribution in [0.3, 0.4) is 0 Å². The maximum absolute atomic E-state index is 3.47. The fourth-order valence-corrected chi connectivity index (χ4v) is 2.17. The summed E-state index contributed by atoms with van der Waals surface area (Å²) >= 11 is 0. The van der Waals surface area contributed by atoms with Crippen molar-refractivity contribution in [3.05, 3.63) is 0 Å². The van der Waals surface area contributed by atoms with Gasteiger partial charge in [0, 0.05) is 25.2 Å². The van der Waals surface area contributed by atoms with Crippen LogP contribution in [0, 0.1) is 0 Å². The number of nitrogens with one attached hydrogen (secondary N) is 1. The number of hydrogen-bond donors (Lipinski definition) is 1. The van der Waals surface area contributed by atoms with E-state index in [1.54, 1.807) is 0 Å². The molecule has 1 heterocycles. The van der Waals surface area contributed by atoms with Gasteiger partial charge in [0.2, 0.25) is 0 Å². The number of likely N-dealkylation sites (tertiary alicyclic amines) is 1. The molecule has 0 aromatic carbocycles. The highest BCUT2D eigenvalue weighted by molar-refractivity contribution is 4.77. The van der Waals surface area contributed by atoms with Crippen molar-refractivity contribution in [2.24, 2.45) is 0 Å². The number of piperidine rings is 1. The summed E-state index contributed by atoms with van der Waals surface area (Å²) in [6.07, 6.45) is 2.66. The second-order valence-electron chi connectivity index (χ2n) is 5.15. The molecule has 1 fully saturated rings. The Morgan fingerprint density at radius 2 is 1.87 bits per heavy atom. The zero-order valence-electron chi connectivity index (χ0n) is 10.8. The lowest BCUT2D eigenvalue weighted by atomic mass is 10.0. The number of hydrogen-bond acceptors (Lipinski definition) is 3. The van der Waals surface area contributed by atoms with Crippen LogP contribution in [0.25, 0.3) is 0 Å². The Bertz CT molecular complexity index is 157. The van der Waals surface area contributed by atoms with Gasteiger partial charge in [-0.2, -0.15) is 0 Å². The molecule has 0 aliphatic carbocycles. The van der Waals surface area contributed by atoms with Crippen LogP contribution in [0.1, 0.15) is 26.7 Å². The minimum Gasteiger partial charge on any atom is -0.313 e. The highest BCUT2D eigenvalue weighted by atomic mass is 15.2. The van der Waals surface area contributed by atoms with Crippen LogP contribution in [0.4, 0.5) is 0 Å². The van der Waals surface area contributed by atoms with Gasteiger partial charge >= 0.3 is 0 Å². The summed E-state index contributed by atoms with van der Waals surface area (Å²) in [4.78, 5) is 4.94. The van der Waals surface area contributed by atoms with E-state index in [2.05, 4.69) is 43.1 Å².